The van der Waals surface area contributed by atoms with E-state index in [-0.39, 0.29) is 30.7 Å². The molecule has 0 bridgehead atoms. The van der Waals surface area contributed by atoms with Crippen molar-refractivity contribution >= 4 is 5.91 Å². The van der Waals surface area contributed by atoms with Crippen LogP contribution in [0.3, 0.4) is 0 Å². The predicted molar refractivity (Wildman–Crippen MR) is 65.5 cm³/mol. The SMILES string of the molecule is O=C(N[C@@H]1CCCNC1)C1CCC(C(F)(F)F)CC1. The van der Waals surface area contributed by atoms with Gasteiger partial charge in [-0.2, -0.15) is 13.2 Å². The summed E-state index contributed by atoms with van der Waals surface area (Å²) in [4.78, 5) is 12.0. The predicted octanol–water partition coefficient (Wildman–Crippen LogP) is 2.22. The number of halogens is 3. The van der Waals surface area contributed by atoms with Gasteiger partial charge in [0, 0.05) is 18.5 Å². The van der Waals surface area contributed by atoms with Crippen LogP contribution in [0.1, 0.15) is 38.5 Å². The topological polar surface area (TPSA) is 41.1 Å². The second kappa shape index (κ2) is 6.11. The molecule has 0 aromatic heterocycles. The van der Waals surface area contributed by atoms with Crippen molar-refractivity contribution in [2.24, 2.45) is 11.8 Å². The average Bonchev–Trinajstić information content (AvgIpc) is 2.39. The minimum atomic E-state index is -4.10. The Balaban J connectivity index is 1.76. The van der Waals surface area contributed by atoms with Gasteiger partial charge in [0.1, 0.15) is 0 Å². The summed E-state index contributed by atoms with van der Waals surface area (Å²) in [5, 5.41) is 6.17. The van der Waals surface area contributed by atoms with Gasteiger partial charge in [-0.05, 0) is 45.1 Å². The lowest BCUT2D eigenvalue weighted by Gasteiger charge is -2.31. The van der Waals surface area contributed by atoms with E-state index in [2.05, 4.69) is 10.6 Å². The molecule has 2 aliphatic rings. The summed E-state index contributed by atoms with van der Waals surface area (Å²) in [6, 6.07) is 0.140. The highest BCUT2D eigenvalue weighted by Gasteiger charge is 2.42. The van der Waals surface area contributed by atoms with Crippen molar-refractivity contribution in [2.45, 2.75) is 50.7 Å². The van der Waals surface area contributed by atoms with Crippen molar-refractivity contribution in [3.8, 4) is 0 Å². The number of rotatable bonds is 2. The fourth-order valence-electron chi connectivity index (χ4n) is 2.98. The third-order valence-electron chi connectivity index (χ3n) is 4.20. The summed E-state index contributed by atoms with van der Waals surface area (Å²) in [5.41, 5.74) is 0. The van der Waals surface area contributed by atoms with Crippen LogP contribution in [0, 0.1) is 11.8 Å². The van der Waals surface area contributed by atoms with Gasteiger partial charge < -0.3 is 10.6 Å². The van der Waals surface area contributed by atoms with Gasteiger partial charge in [0.25, 0.3) is 0 Å². The number of piperidine rings is 1. The quantitative estimate of drug-likeness (QED) is 0.813. The van der Waals surface area contributed by atoms with Gasteiger partial charge in [-0.1, -0.05) is 0 Å². The average molecular weight is 278 g/mol. The molecule has 1 atom stereocenters. The molecule has 1 amide bonds. The summed E-state index contributed by atoms with van der Waals surface area (Å²) >= 11 is 0. The molecule has 3 nitrogen and oxygen atoms in total. The Kier molecular flexibility index (Phi) is 4.71. The maximum Gasteiger partial charge on any atom is 0.391 e. The smallest absolute Gasteiger partial charge is 0.352 e. The van der Waals surface area contributed by atoms with Crippen molar-refractivity contribution in [3.63, 3.8) is 0 Å². The second-order valence-corrected chi connectivity index (χ2v) is 5.64. The molecule has 2 rings (SSSR count). The Morgan fingerprint density at radius 2 is 1.79 bits per heavy atom. The maximum atomic E-state index is 12.5. The molecule has 0 unspecified atom stereocenters. The first-order valence-electron chi connectivity index (χ1n) is 7.04. The normalized spacial score (nSPS) is 32.9. The van der Waals surface area contributed by atoms with E-state index >= 15 is 0 Å². The van der Waals surface area contributed by atoms with Crippen molar-refractivity contribution in [3.05, 3.63) is 0 Å². The number of hydrogen-bond acceptors (Lipinski definition) is 2. The molecule has 2 fully saturated rings. The lowest BCUT2D eigenvalue weighted by atomic mass is 9.81. The van der Waals surface area contributed by atoms with Gasteiger partial charge in [-0.25, -0.2) is 0 Å². The van der Waals surface area contributed by atoms with E-state index in [0.29, 0.717) is 12.8 Å². The third kappa shape index (κ3) is 4.09. The van der Waals surface area contributed by atoms with E-state index in [0.717, 1.165) is 25.9 Å². The Morgan fingerprint density at radius 3 is 2.32 bits per heavy atom. The monoisotopic (exact) mass is 278 g/mol. The summed E-state index contributed by atoms with van der Waals surface area (Å²) < 4.78 is 37.6. The third-order valence-corrected chi connectivity index (χ3v) is 4.20. The standard InChI is InChI=1S/C13H21F3N2O/c14-13(15,16)10-5-3-9(4-6-10)12(19)18-11-2-1-7-17-8-11/h9-11,17H,1-8H2,(H,18,19)/t9?,10?,11-/m1/s1. The number of hydrogen-bond donors (Lipinski definition) is 2. The Hall–Kier alpha value is -0.780. The molecule has 19 heavy (non-hydrogen) atoms. The fraction of sp³-hybridized carbons (Fsp3) is 0.923. The lowest BCUT2D eigenvalue weighted by molar-refractivity contribution is -0.184. The van der Waals surface area contributed by atoms with Crippen LogP contribution in [-0.4, -0.2) is 31.2 Å². The zero-order chi connectivity index (χ0) is 13.9. The maximum absolute atomic E-state index is 12.5. The number of carbonyl (C=O) groups excluding carboxylic acids is 1. The van der Waals surface area contributed by atoms with Gasteiger partial charge in [0.05, 0.1) is 5.92 Å². The largest absolute Gasteiger partial charge is 0.391 e. The highest BCUT2D eigenvalue weighted by atomic mass is 19.4. The lowest BCUT2D eigenvalue weighted by Crippen LogP contribution is -2.48. The first-order chi connectivity index (χ1) is 8.97. The molecule has 0 aromatic carbocycles. The van der Waals surface area contributed by atoms with Crippen molar-refractivity contribution < 1.29 is 18.0 Å². The van der Waals surface area contributed by atoms with Crippen LogP contribution in [-0.2, 0) is 4.79 Å². The minimum Gasteiger partial charge on any atom is -0.352 e. The highest BCUT2D eigenvalue weighted by Crippen LogP contribution is 2.39. The van der Waals surface area contributed by atoms with Gasteiger partial charge >= 0.3 is 6.18 Å². The molecule has 0 spiro atoms. The molecule has 1 saturated carbocycles. The number of amides is 1. The van der Waals surface area contributed by atoms with E-state index in [1.807, 2.05) is 0 Å². The van der Waals surface area contributed by atoms with Crippen LogP contribution in [0.15, 0.2) is 0 Å². The summed E-state index contributed by atoms with van der Waals surface area (Å²) in [6.45, 7) is 1.74. The van der Waals surface area contributed by atoms with Crippen LogP contribution in [0.2, 0.25) is 0 Å². The molecule has 0 radical (unpaired) electrons. The summed E-state index contributed by atoms with van der Waals surface area (Å²) in [6.07, 6.45) is -1.22. The van der Waals surface area contributed by atoms with Crippen LogP contribution in [0.5, 0.6) is 0 Å². The molecule has 1 saturated heterocycles. The Labute approximate surface area is 111 Å². The molecule has 1 aliphatic carbocycles. The zero-order valence-electron chi connectivity index (χ0n) is 10.9. The Morgan fingerprint density at radius 1 is 1.11 bits per heavy atom. The van der Waals surface area contributed by atoms with E-state index in [1.165, 1.54) is 0 Å². The molecule has 6 heteroatoms. The minimum absolute atomic E-state index is 0.0608. The second-order valence-electron chi connectivity index (χ2n) is 5.64. The van der Waals surface area contributed by atoms with Crippen molar-refractivity contribution in [1.82, 2.24) is 10.6 Å². The highest BCUT2D eigenvalue weighted by molar-refractivity contribution is 5.79. The van der Waals surface area contributed by atoms with Crippen LogP contribution >= 0.6 is 0 Å². The van der Waals surface area contributed by atoms with E-state index < -0.39 is 12.1 Å². The van der Waals surface area contributed by atoms with E-state index in [4.69, 9.17) is 0 Å². The molecule has 1 heterocycles. The molecular formula is C13H21F3N2O. The molecule has 2 N–H and O–H groups in total. The Bertz CT molecular complexity index is 306. The number of alkyl halides is 3. The fourth-order valence-corrected chi connectivity index (χ4v) is 2.98. The van der Waals surface area contributed by atoms with E-state index in [1.54, 1.807) is 0 Å². The number of carbonyl (C=O) groups is 1. The van der Waals surface area contributed by atoms with E-state index in [9.17, 15) is 18.0 Å². The van der Waals surface area contributed by atoms with Gasteiger partial charge in [-0.3, -0.25) is 4.79 Å². The summed E-state index contributed by atoms with van der Waals surface area (Å²) in [5.74, 6) is -1.51. The molecular weight excluding hydrogens is 257 g/mol. The van der Waals surface area contributed by atoms with Gasteiger partial charge in [0.2, 0.25) is 5.91 Å². The van der Waals surface area contributed by atoms with Crippen LogP contribution in [0.4, 0.5) is 13.2 Å². The zero-order valence-corrected chi connectivity index (χ0v) is 10.9. The number of nitrogens with one attached hydrogen (secondary N) is 2. The van der Waals surface area contributed by atoms with Gasteiger partial charge in [-0.15, -0.1) is 0 Å². The van der Waals surface area contributed by atoms with Crippen molar-refractivity contribution in [2.75, 3.05) is 13.1 Å². The van der Waals surface area contributed by atoms with Crippen molar-refractivity contribution in [1.29, 1.82) is 0 Å². The molecule has 1 aliphatic heterocycles. The van der Waals surface area contributed by atoms with Gasteiger partial charge in [0.15, 0.2) is 0 Å². The summed E-state index contributed by atoms with van der Waals surface area (Å²) in [7, 11) is 0. The van der Waals surface area contributed by atoms with Crippen LogP contribution in [0.25, 0.3) is 0 Å². The first-order valence-corrected chi connectivity index (χ1v) is 7.04. The first kappa shape index (κ1) is 14.6. The molecule has 110 valence electrons. The van der Waals surface area contributed by atoms with Crippen LogP contribution < -0.4 is 10.6 Å². The molecule has 0 aromatic rings.